The Morgan fingerprint density at radius 3 is 2.67 bits per heavy atom. The summed E-state index contributed by atoms with van der Waals surface area (Å²) in [5.41, 5.74) is 0.487. The summed E-state index contributed by atoms with van der Waals surface area (Å²) in [6.45, 7) is -0.678. The average Bonchev–Trinajstić information content (AvgIpc) is 2.69. The molecule has 0 aliphatic carbocycles. The average molecular weight is 369 g/mol. The Hall–Kier alpha value is -3.66. The number of carbonyl (C=O) groups is 2. The predicted molar refractivity (Wildman–Crippen MR) is 94.8 cm³/mol. The summed E-state index contributed by atoms with van der Waals surface area (Å²) in [5.74, 6) is -1.25. The Morgan fingerprint density at radius 2 is 1.96 bits per heavy atom. The molecule has 0 spiro atoms. The number of esters is 1. The van der Waals surface area contributed by atoms with Crippen molar-refractivity contribution in [2.45, 2.75) is 0 Å². The summed E-state index contributed by atoms with van der Waals surface area (Å²) in [7, 11) is 1.45. The van der Waals surface area contributed by atoms with E-state index in [2.05, 4.69) is 0 Å². The molecule has 7 heteroatoms. The highest BCUT2D eigenvalue weighted by Gasteiger charge is 2.12. The normalized spacial score (nSPS) is 10.3. The number of hydrogen-bond donors (Lipinski definition) is 0. The van der Waals surface area contributed by atoms with Crippen LogP contribution in [0.2, 0.25) is 0 Å². The number of rotatable bonds is 8. The van der Waals surface area contributed by atoms with Gasteiger partial charge < -0.3 is 14.2 Å². The number of nitriles is 1. The predicted octanol–water partition coefficient (Wildman–Crippen LogP) is 3.18. The summed E-state index contributed by atoms with van der Waals surface area (Å²) in [6, 6.07) is 12.2. The van der Waals surface area contributed by atoms with Crippen molar-refractivity contribution in [2.75, 3.05) is 20.3 Å². The van der Waals surface area contributed by atoms with E-state index < -0.39 is 24.2 Å². The molecule has 0 unspecified atom stereocenters. The number of ether oxygens (including phenoxy) is 3. The fourth-order valence-corrected chi connectivity index (χ4v) is 2.13. The van der Waals surface area contributed by atoms with Crippen molar-refractivity contribution in [3.05, 3.63) is 65.5 Å². The molecule has 6 nitrogen and oxygen atoms in total. The summed E-state index contributed by atoms with van der Waals surface area (Å²) in [4.78, 5) is 23.6. The molecule has 2 aromatic rings. The molecule has 0 aliphatic heterocycles. The minimum Gasteiger partial charge on any atom is -0.493 e. The number of methoxy groups -OCH3 is 1. The fraction of sp³-hybridized carbons (Fsp3) is 0.150. The quantitative estimate of drug-likeness (QED) is 0.404. The van der Waals surface area contributed by atoms with Gasteiger partial charge in [0, 0.05) is 6.08 Å². The van der Waals surface area contributed by atoms with Gasteiger partial charge in [-0.25, -0.2) is 9.18 Å². The van der Waals surface area contributed by atoms with Crippen LogP contribution in [0.3, 0.4) is 0 Å². The molecule has 0 heterocycles. The lowest BCUT2D eigenvalue weighted by Crippen LogP contribution is -2.13. The van der Waals surface area contributed by atoms with Crippen LogP contribution in [-0.2, 0) is 9.53 Å². The topological polar surface area (TPSA) is 85.6 Å². The van der Waals surface area contributed by atoms with E-state index in [0.29, 0.717) is 17.1 Å². The van der Waals surface area contributed by atoms with E-state index in [0.717, 1.165) is 12.1 Å². The first-order valence-electron chi connectivity index (χ1n) is 7.85. The zero-order chi connectivity index (χ0) is 19.6. The van der Waals surface area contributed by atoms with Gasteiger partial charge in [0.1, 0.15) is 11.9 Å². The van der Waals surface area contributed by atoms with Gasteiger partial charge in [-0.2, -0.15) is 5.26 Å². The summed E-state index contributed by atoms with van der Waals surface area (Å²) in [5, 5.41) is 8.55. The molecule has 27 heavy (non-hydrogen) atoms. The number of benzene rings is 2. The van der Waals surface area contributed by atoms with Crippen molar-refractivity contribution in [3.63, 3.8) is 0 Å². The van der Waals surface area contributed by atoms with Crippen molar-refractivity contribution in [3.8, 4) is 17.6 Å². The molecular formula is C20H16FNO5. The Kier molecular flexibility index (Phi) is 7.08. The lowest BCUT2D eigenvalue weighted by atomic mass is 10.1. The molecule has 2 rings (SSSR count). The van der Waals surface area contributed by atoms with Crippen LogP contribution in [0.15, 0.2) is 48.5 Å². The first kappa shape index (κ1) is 19.7. The Balaban J connectivity index is 1.95. The van der Waals surface area contributed by atoms with Gasteiger partial charge in [-0.3, -0.25) is 4.79 Å². The van der Waals surface area contributed by atoms with Crippen LogP contribution in [0.1, 0.15) is 15.9 Å². The van der Waals surface area contributed by atoms with Gasteiger partial charge in [0.15, 0.2) is 24.7 Å². The SMILES string of the molecule is COc1cc(/C=C/C(=O)OCC(=O)c2ccccc2F)ccc1OCC#N. The second-order valence-corrected chi connectivity index (χ2v) is 5.20. The van der Waals surface area contributed by atoms with Gasteiger partial charge in [-0.1, -0.05) is 18.2 Å². The summed E-state index contributed by atoms with van der Waals surface area (Å²) in [6.07, 6.45) is 2.60. The summed E-state index contributed by atoms with van der Waals surface area (Å²) < 4.78 is 28.7. The number of hydrogen-bond acceptors (Lipinski definition) is 6. The minimum absolute atomic E-state index is 0.117. The first-order chi connectivity index (χ1) is 13.0. The van der Waals surface area contributed by atoms with Crippen molar-refractivity contribution in [1.82, 2.24) is 0 Å². The van der Waals surface area contributed by atoms with Crippen molar-refractivity contribution in [1.29, 1.82) is 5.26 Å². The lowest BCUT2D eigenvalue weighted by Gasteiger charge is -2.08. The minimum atomic E-state index is -0.747. The highest BCUT2D eigenvalue weighted by atomic mass is 19.1. The van der Waals surface area contributed by atoms with Gasteiger partial charge in [0.2, 0.25) is 5.78 Å². The zero-order valence-corrected chi connectivity index (χ0v) is 14.5. The van der Waals surface area contributed by atoms with E-state index in [4.69, 9.17) is 19.5 Å². The molecule has 0 aliphatic rings. The molecule has 0 atom stereocenters. The maximum Gasteiger partial charge on any atom is 0.331 e. The van der Waals surface area contributed by atoms with Gasteiger partial charge in [0.25, 0.3) is 0 Å². The van der Waals surface area contributed by atoms with Crippen LogP contribution in [0.25, 0.3) is 6.08 Å². The van der Waals surface area contributed by atoms with E-state index in [1.54, 1.807) is 18.2 Å². The van der Waals surface area contributed by atoms with Crippen molar-refractivity contribution < 1.29 is 28.2 Å². The maximum atomic E-state index is 13.5. The molecule has 138 valence electrons. The first-order valence-corrected chi connectivity index (χ1v) is 7.85. The van der Waals surface area contributed by atoms with Crippen LogP contribution >= 0.6 is 0 Å². The second kappa shape index (κ2) is 9.73. The smallest absolute Gasteiger partial charge is 0.331 e. The third-order valence-corrected chi connectivity index (χ3v) is 3.41. The van der Waals surface area contributed by atoms with Crippen LogP contribution in [-0.4, -0.2) is 32.1 Å². The molecule has 0 radical (unpaired) electrons. The summed E-state index contributed by atoms with van der Waals surface area (Å²) >= 11 is 0. The molecule has 2 aromatic carbocycles. The molecule has 0 amide bonds. The molecule has 0 N–H and O–H groups in total. The van der Waals surface area contributed by atoms with E-state index in [-0.39, 0.29) is 12.2 Å². The Morgan fingerprint density at radius 1 is 1.19 bits per heavy atom. The highest BCUT2D eigenvalue weighted by Crippen LogP contribution is 2.28. The van der Waals surface area contributed by atoms with Gasteiger partial charge in [0.05, 0.1) is 12.7 Å². The van der Waals surface area contributed by atoms with Gasteiger partial charge in [-0.05, 0) is 35.9 Å². The van der Waals surface area contributed by atoms with Crippen molar-refractivity contribution >= 4 is 17.8 Å². The van der Waals surface area contributed by atoms with Crippen LogP contribution in [0.5, 0.6) is 11.5 Å². The van der Waals surface area contributed by atoms with Crippen molar-refractivity contribution in [2.24, 2.45) is 0 Å². The van der Waals surface area contributed by atoms with E-state index in [9.17, 15) is 14.0 Å². The van der Waals surface area contributed by atoms with Crippen LogP contribution in [0, 0.1) is 17.1 Å². The lowest BCUT2D eigenvalue weighted by molar-refractivity contribution is -0.136. The maximum absolute atomic E-state index is 13.5. The fourth-order valence-electron chi connectivity index (χ4n) is 2.13. The zero-order valence-electron chi connectivity index (χ0n) is 14.5. The molecular weight excluding hydrogens is 353 g/mol. The standard InChI is InChI=1S/C20H16FNO5/c1-25-19-12-14(6-8-18(19)26-11-10-22)7-9-20(24)27-13-17(23)15-4-2-3-5-16(15)21/h2-9,12H,11,13H2,1H3/b9-7+. The van der Waals surface area contributed by atoms with Crippen LogP contribution in [0.4, 0.5) is 4.39 Å². The second-order valence-electron chi connectivity index (χ2n) is 5.20. The third kappa shape index (κ3) is 5.68. The molecule has 0 aromatic heterocycles. The largest absolute Gasteiger partial charge is 0.493 e. The molecule has 0 fully saturated rings. The highest BCUT2D eigenvalue weighted by molar-refractivity contribution is 5.99. The van der Waals surface area contributed by atoms with Crippen LogP contribution < -0.4 is 9.47 Å². The number of halogens is 1. The van der Waals surface area contributed by atoms with E-state index >= 15 is 0 Å². The van der Waals surface area contributed by atoms with Gasteiger partial charge >= 0.3 is 5.97 Å². The number of ketones is 1. The number of Topliss-reactive ketones (excluding diaryl/α,β-unsaturated/α-hetero) is 1. The molecule has 0 saturated carbocycles. The molecule has 0 saturated heterocycles. The Bertz CT molecular complexity index is 901. The van der Waals surface area contributed by atoms with E-state index in [1.165, 1.54) is 31.4 Å². The molecule has 0 bridgehead atoms. The Labute approximate surface area is 155 Å². The third-order valence-electron chi connectivity index (χ3n) is 3.41. The monoisotopic (exact) mass is 369 g/mol. The number of nitrogens with zero attached hydrogens (tertiary/aromatic N) is 1. The van der Waals surface area contributed by atoms with E-state index in [1.807, 2.05) is 6.07 Å². The number of carbonyl (C=O) groups excluding carboxylic acids is 2. The van der Waals surface area contributed by atoms with Gasteiger partial charge in [-0.15, -0.1) is 0 Å².